The lowest BCUT2D eigenvalue weighted by Gasteiger charge is -2.11. The van der Waals surface area contributed by atoms with Crippen LogP contribution in [0.5, 0.6) is 5.75 Å². The molecule has 0 spiro atoms. The van der Waals surface area contributed by atoms with Gasteiger partial charge in [0.15, 0.2) is 5.78 Å². The van der Waals surface area contributed by atoms with Crippen molar-refractivity contribution in [2.45, 2.75) is 13.3 Å². The summed E-state index contributed by atoms with van der Waals surface area (Å²) in [5.74, 6) is 0.554. The van der Waals surface area contributed by atoms with E-state index in [0.717, 1.165) is 9.99 Å². The Morgan fingerprint density at radius 3 is 2.70 bits per heavy atom. The number of halogens is 2. The summed E-state index contributed by atoms with van der Waals surface area (Å²) in [7, 11) is 0. The Balaban J connectivity index is 2.40. The van der Waals surface area contributed by atoms with E-state index in [1.807, 2.05) is 31.2 Å². The lowest BCUT2D eigenvalue weighted by molar-refractivity contribution is 0.103. The molecule has 0 aromatic heterocycles. The molecule has 0 saturated heterocycles. The molecular weight excluding hydrogens is 387 g/mol. The number of hydrogen-bond acceptors (Lipinski definition) is 2. The van der Waals surface area contributed by atoms with Gasteiger partial charge in [0, 0.05) is 14.2 Å². The summed E-state index contributed by atoms with van der Waals surface area (Å²) in [6, 6.07) is 12.6. The number of carbonyl (C=O) groups excluding carboxylic acids is 1. The van der Waals surface area contributed by atoms with Gasteiger partial charge in [0.25, 0.3) is 0 Å². The third-order valence-electron chi connectivity index (χ3n) is 2.77. The molecule has 0 unspecified atom stereocenters. The van der Waals surface area contributed by atoms with E-state index in [0.29, 0.717) is 28.5 Å². The normalized spacial score (nSPS) is 10.3. The number of carbonyl (C=O) groups is 1. The van der Waals surface area contributed by atoms with Gasteiger partial charge in [-0.25, -0.2) is 0 Å². The van der Waals surface area contributed by atoms with Crippen LogP contribution in [0.15, 0.2) is 42.5 Å². The minimum Gasteiger partial charge on any atom is -0.493 e. The minimum absolute atomic E-state index is 0.0661. The standard InChI is InChI=1S/C16H14ClIO2/c1-2-9-20-15-6-4-3-5-12(15)16(19)13-10-11(17)7-8-14(13)18/h3-8,10H,2,9H2,1H3. The Morgan fingerprint density at radius 2 is 1.95 bits per heavy atom. The number of hydrogen-bond donors (Lipinski definition) is 0. The van der Waals surface area contributed by atoms with Crippen molar-refractivity contribution in [1.82, 2.24) is 0 Å². The molecule has 0 amide bonds. The van der Waals surface area contributed by atoms with E-state index >= 15 is 0 Å². The SMILES string of the molecule is CCCOc1ccccc1C(=O)c1cc(Cl)ccc1I. The van der Waals surface area contributed by atoms with Gasteiger partial charge >= 0.3 is 0 Å². The van der Waals surface area contributed by atoms with Crippen molar-refractivity contribution in [3.8, 4) is 5.75 Å². The molecule has 2 aromatic carbocycles. The summed E-state index contributed by atoms with van der Waals surface area (Å²) in [6.45, 7) is 2.63. The molecule has 2 rings (SSSR count). The highest BCUT2D eigenvalue weighted by atomic mass is 127. The zero-order valence-corrected chi connectivity index (χ0v) is 13.9. The fourth-order valence-electron chi connectivity index (χ4n) is 1.81. The predicted octanol–water partition coefficient (Wildman–Crippen LogP) is 4.96. The molecular formula is C16H14ClIO2. The number of ketones is 1. The lowest BCUT2D eigenvalue weighted by atomic mass is 10.0. The Hall–Kier alpha value is -1.07. The molecule has 4 heteroatoms. The molecule has 0 saturated carbocycles. The van der Waals surface area contributed by atoms with Gasteiger partial charge < -0.3 is 4.74 Å². The van der Waals surface area contributed by atoms with E-state index in [9.17, 15) is 4.79 Å². The highest BCUT2D eigenvalue weighted by Gasteiger charge is 2.17. The lowest BCUT2D eigenvalue weighted by Crippen LogP contribution is -2.07. The molecule has 2 aromatic rings. The van der Waals surface area contributed by atoms with E-state index in [2.05, 4.69) is 22.6 Å². The number of benzene rings is 2. The first kappa shape index (κ1) is 15.3. The Bertz CT molecular complexity index is 626. The first-order chi connectivity index (χ1) is 9.63. The van der Waals surface area contributed by atoms with Gasteiger partial charge in [-0.05, 0) is 59.3 Å². The van der Waals surface area contributed by atoms with Crippen molar-refractivity contribution in [2.24, 2.45) is 0 Å². The number of rotatable bonds is 5. The van der Waals surface area contributed by atoms with Crippen LogP contribution in [0.4, 0.5) is 0 Å². The molecule has 0 aliphatic heterocycles. The van der Waals surface area contributed by atoms with Crippen LogP contribution >= 0.6 is 34.2 Å². The quantitative estimate of drug-likeness (QED) is 0.523. The molecule has 2 nitrogen and oxygen atoms in total. The van der Waals surface area contributed by atoms with Crippen molar-refractivity contribution < 1.29 is 9.53 Å². The van der Waals surface area contributed by atoms with Gasteiger partial charge in [0.1, 0.15) is 5.75 Å². The average Bonchev–Trinajstić information content (AvgIpc) is 2.47. The van der Waals surface area contributed by atoms with Crippen molar-refractivity contribution in [2.75, 3.05) is 6.61 Å². The van der Waals surface area contributed by atoms with E-state index in [1.54, 1.807) is 18.2 Å². The largest absolute Gasteiger partial charge is 0.493 e. The van der Waals surface area contributed by atoms with Crippen LogP contribution in [0.3, 0.4) is 0 Å². The van der Waals surface area contributed by atoms with Crippen LogP contribution < -0.4 is 4.74 Å². The average molecular weight is 401 g/mol. The molecule has 104 valence electrons. The van der Waals surface area contributed by atoms with Crippen molar-refractivity contribution >= 4 is 40.0 Å². The highest BCUT2D eigenvalue weighted by molar-refractivity contribution is 14.1. The third kappa shape index (κ3) is 3.52. The second-order valence-corrected chi connectivity index (χ2v) is 5.90. The predicted molar refractivity (Wildman–Crippen MR) is 89.8 cm³/mol. The fraction of sp³-hybridized carbons (Fsp3) is 0.188. The van der Waals surface area contributed by atoms with Crippen LogP contribution in [0.2, 0.25) is 5.02 Å². The van der Waals surface area contributed by atoms with E-state index in [4.69, 9.17) is 16.3 Å². The maximum atomic E-state index is 12.7. The summed E-state index contributed by atoms with van der Waals surface area (Å²) >= 11 is 8.12. The summed E-state index contributed by atoms with van der Waals surface area (Å²) in [5.41, 5.74) is 1.17. The monoisotopic (exact) mass is 400 g/mol. The van der Waals surface area contributed by atoms with Crippen LogP contribution in [-0.2, 0) is 0 Å². The summed E-state index contributed by atoms with van der Waals surface area (Å²) < 4.78 is 6.52. The second-order valence-electron chi connectivity index (χ2n) is 4.30. The highest BCUT2D eigenvalue weighted by Crippen LogP contribution is 2.26. The Morgan fingerprint density at radius 1 is 1.20 bits per heavy atom. The molecule has 0 heterocycles. The summed E-state index contributed by atoms with van der Waals surface area (Å²) in [6.07, 6.45) is 0.900. The maximum Gasteiger partial charge on any atom is 0.197 e. The maximum absolute atomic E-state index is 12.7. The van der Waals surface area contributed by atoms with Gasteiger partial charge in [-0.3, -0.25) is 4.79 Å². The topological polar surface area (TPSA) is 26.3 Å². The van der Waals surface area contributed by atoms with Crippen LogP contribution in [-0.4, -0.2) is 12.4 Å². The summed E-state index contributed by atoms with van der Waals surface area (Å²) in [4.78, 5) is 12.7. The van der Waals surface area contributed by atoms with Crippen molar-refractivity contribution in [3.63, 3.8) is 0 Å². The zero-order chi connectivity index (χ0) is 14.5. The minimum atomic E-state index is -0.0661. The van der Waals surface area contributed by atoms with Gasteiger partial charge in [-0.15, -0.1) is 0 Å². The van der Waals surface area contributed by atoms with Crippen LogP contribution in [0.1, 0.15) is 29.3 Å². The number of ether oxygens (including phenoxy) is 1. The molecule has 0 bridgehead atoms. The molecule has 0 aliphatic carbocycles. The summed E-state index contributed by atoms with van der Waals surface area (Å²) in [5, 5.41) is 0.556. The van der Waals surface area contributed by atoms with Gasteiger partial charge in [-0.2, -0.15) is 0 Å². The molecule has 0 radical (unpaired) electrons. The smallest absolute Gasteiger partial charge is 0.197 e. The van der Waals surface area contributed by atoms with Gasteiger partial charge in [-0.1, -0.05) is 30.7 Å². The molecule has 0 aliphatic rings. The molecule has 0 fully saturated rings. The fourth-order valence-corrected chi connectivity index (χ4v) is 2.56. The van der Waals surface area contributed by atoms with Crippen molar-refractivity contribution in [1.29, 1.82) is 0 Å². The first-order valence-electron chi connectivity index (χ1n) is 6.35. The Kier molecular flexibility index (Phi) is 5.43. The third-order valence-corrected chi connectivity index (χ3v) is 3.94. The first-order valence-corrected chi connectivity index (χ1v) is 7.80. The number of para-hydroxylation sites is 1. The van der Waals surface area contributed by atoms with E-state index in [1.165, 1.54) is 0 Å². The second kappa shape index (κ2) is 7.09. The van der Waals surface area contributed by atoms with Crippen molar-refractivity contribution in [3.05, 3.63) is 62.2 Å². The van der Waals surface area contributed by atoms with Gasteiger partial charge in [0.2, 0.25) is 0 Å². The van der Waals surface area contributed by atoms with Gasteiger partial charge in [0.05, 0.1) is 12.2 Å². The molecule has 0 N–H and O–H groups in total. The molecule has 0 atom stereocenters. The molecule has 20 heavy (non-hydrogen) atoms. The Labute approximate surface area is 137 Å². The zero-order valence-electron chi connectivity index (χ0n) is 11.0. The van der Waals surface area contributed by atoms with E-state index < -0.39 is 0 Å². The van der Waals surface area contributed by atoms with Crippen LogP contribution in [0, 0.1) is 3.57 Å². The van der Waals surface area contributed by atoms with Crippen LogP contribution in [0.25, 0.3) is 0 Å². The van der Waals surface area contributed by atoms with E-state index in [-0.39, 0.29) is 5.78 Å².